The lowest BCUT2D eigenvalue weighted by Crippen LogP contribution is -2.90. The summed E-state index contributed by atoms with van der Waals surface area (Å²) in [5.41, 5.74) is 3.86. The lowest BCUT2D eigenvalue weighted by Gasteiger charge is -2.26. The summed E-state index contributed by atoms with van der Waals surface area (Å²) >= 11 is 0. The van der Waals surface area contributed by atoms with Gasteiger partial charge in [-0.1, -0.05) is 13.3 Å². The molecule has 0 aromatic heterocycles. The van der Waals surface area contributed by atoms with Crippen molar-refractivity contribution in [2.75, 3.05) is 14.2 Å². The van der Waals surface area contributed by atoms with Crippen LogP contribution in [0.3, 0.4) is 0 Å². The molecule has 1 aliphatic carbocycles. The fraction of sp³-hybridized carbons (Fsp3) is 0.750. The van der Waals surface area contributed by atoms with Gasteiger partial charge < -0.3 is 9.47 Å². The SMILES string of the molecule is CCC[C@@H]1[C@]2(C#N)C(N)=[NH+]C(OC)(OC)[C@]12C#N. The fourth-order valence-corrected chi connectivity index (χ4v) is 3.51. The number of nitrogens with one attached hydrogen (secondary N) is 1. The molecule has 96 valence electrons. The summed E-state index contributed by atoms with van der Waals surface area (Å²) in [5.74, 6) is -1.22. The van der Waals surface area contributed by atoms with Gasteiger partial charge in [-0.05, 0) is 6.42 Å². The van der Waals surface area contributed by atoms with Crippen LogP contribution in [0, 0.1) is 39.4 Å². The molecule has 0 amide bonds. The number of hydrogen-bond donors (Lipinski definition) is 2. The van der Waals surface area contributed by atoms with Gasteiger partial charge in [0.1, 0.15) is 0 Å². The average Bonchev–Trinajstić information content (AvgIpc) is 2.92. The molecule has 0 radical (unpaired) electrons. The van der Waals surface area contributed by atoms with E-state index in [1.165, 1.54) is 14.2 Å². The van der Waals surface area contributed by atoms with Gasteiger partial charge in [0.05, 0.1) is 12.1 Å². The second kappa shape index (κ2) is 3.68. The minimum atomic E-state index is -1.33. The van der Waals surface area contributed by atoms with E-state index in [9.17, 15) is 10.5 Å². The molecule has 0 saturated heterocycles. The van der Waals surface area contributed by atoms with Gasteiger partial charge in [-0.25, -0.2) is 4.99 Å². The number of nitrogens with two attached hydrogens (primary N) is 1. The smallest absolute Gasteiger partial charge is 0.317 e. The van der Waals surface area contributed by atoms with Crippen LogP contribution in [-0.4, -0.2) is 26.0 Å². The highest BCUT2D eigenvalue weighted by Crippen LogP contribution is 2.75. The van der Waals surface area contributed by atoms with Crippen LogP contribution in [0.2, 0.25) is 0 Å². The van der Waals surface area contributed by atoms with Crippen molar-refractivity contribution < 1.29 is 14.5 Å². The summed E-state index contributed by atoms with van der Waals surface area (Å²) in [5, 5.41) is 19.1. The molecule has 2 rings (SSSR count). The van der Waals surface area contributed by atoms with Crippen LogP contribution >= 0.6 is 0 Å². The van der Waals surface area contributed by atoms with Gasteiger partial charge in [0.15, 0.2) is 10.8 Å². The van der Waals surface area contributed by atoms with E-state index in [0.29, 0.717) is 0 Å². The molecule has 6 nitrogen and oxygen atoms in total. The minimum absolute atomic E-state index is 0.161. The third kappa shape index (κ3) is 0.937. The van der Waals surface area contributed by atoms with Crippen molar-refractivity contribution in [3.05, 3.63) is 0 Å². The third-order valence-electron chi connectivity index (χ3n) is 4.33. The zero-order valence-corrected chi connectivity index (χ0v) is 10.8. The predicted molar refractivity (Wildman–Crippen MR) is 61.4 cm³/mol. The number of amidine groups is 1. The summed E-state index contributed by atoms with van der Waals surface area (Å²) < 4.78 is 10.7. The number of methoxy groups -OCH3 is 2. The Morgan fingerprint density at radius 1 is 1.33 bits per heavy atom. The summed E-state index contributed by atoms with van der Waals surface area (Å²) in [6, 6.07) is 4.44. The van der Waals surface area contributed by atoms with E-state index in [1.807, 2.05) is 6.92 Å². The van der Waals surface area contributed by atoms with E-state index in [1.54, 1.807) is 0 Å². The normalized spacial score (nSPS) is 39.4. The van der Waals surface area contributed by atoms with Crippen LogP contribution in [-0.2, 0) is 9.47 Å². The lowest BCUT2D eigenvalue weighted by molar-refractivity contribution is -0.688. The van der Waals surface area contributed by atoms with Gasteiger partial charge in [-0.15, -0.1) is 0 Å². The molecule has 1 saturated carbocycles. The van der Waals surface area contributed by atoms with Crippen molar-refractivity contribution >= 4 is 5.84 Å². The standard InChI is InChI=1S/C12H16N4O2/c1-4-5-8-10(6-13)9(15)16-12(17-2,18-3)11(8,10)7-14/h8H,4-5H2,1-3H3,(H2,15,16)/p+1/t8-,10-,11-/m1/s1. The molecule has 18 heavy (non-hydrogen) atoms. The summed E-state index contributed by atoms with van der Waals surface area (Å²) in [4.78, 5) is 2.84. The maximum atomic E-state index is 9.61. The van der Waals surface area contributed by atoms with E-state index in [4.69, 9.17) is 15.2 Å². The number of ether oxygens (including phenoxy) is 2. The molecule has 1 heterocycles. The molecule has 2 aliphatic rings. The highest BCUT2D eigenvalue weighted by molar-refractivity contribution is 5.93. The molecule has 0 aromatic rings. The Labute approximate surface area is 106 Å². The van der Waals surface area contributed by atoms with Crippen LogP contribution in [0.25, 0.3) is 0 Å². The Morgan fingerprint density at radius 3 is 2.33 bits per heavy atom. The van der Waals surface area contributed by atoms with Gasteiger partial charge in [-0.3, -0.25) is 5.73 Å². The van der Waals surface area contributed by atoms with Gasteiger partial charge in [-0.2, -0.15) is 10.5 Å². The maximum Gasteiger partial charge on any atom is 0.342 e. The number of hydrogen-bond acceptors (Lipinski definition) is 5. The Balaban J connectivity index is 2.61. The highest BCUT2D eigenvalue weighted by Gasteiger charge is 2.96. The molecule has 1 aliphatic heterocycles. The first-order valence-electron chi connectivity index (χ1n) is 5.90. The molecule has 0 spiro atoms. The van der Waals surface area contributed by atoms with Gasteiger partial charge in [0.2, 0.25) is 0 Å². The Bertz CT molecular complexity index is 485. The first-order chi connectivity index (χ1) is 8.56. The number of nitriles is 2. The molecule has 0 bridgehead atoms. The molecular weight excluding hydrogens is 232 g/mol. The zero-order chi connectivity index (χ0) is 13.6. The first-order valence-corrected chi connectivity index (χ1v) is 5.90. The van der Waals surface area contributed by atoms with Crippen LogP contribution in [0.1, 0.15) is 19.8 Å². The van der Waals surface area contributed by atoms with Gasteiger partial charge in [0, 0.05) is 20.1 Å². The molecule has 6 heteroatoms. The molecule has 0 unspecified atom stereocenters. The second-order valence-electron chi connectivity index (χ2n) is 4.74. The van der Waals surface area contributed by atoms with Crippen molar-refractivity contribution in [2.45, 2.75) is 25.7 Å². The molecule has 1 fully saturated rings. The molecule has 3 N–H and O–H groups in total. The number of rotatable bonds is 4. The van der Waals surface area contributed by atoms with E-state index in [0.717, 1.165) is 12.8 Å². The minimum Gasteiger partial charge on any atom is -0.317 e. The summed E-state index contributed by atoms with van der Waals surface area (Å²) in [6.45, 7) is 2.01. The van der Waals surface area contributed by atoms with Crippen molar-refractivity contribution in [1.82, 2.24) is 0 Å². The molecule has 3 atom stereocenters. The number of fused-ring (bicyclic) bond motifs is 1. The van der Waals surface area contributed by atoms with Crippen LogP contribution in [0.5, 0.6) is 0 Å². The fourth-order valence-electron chi connectivity index (χ4n) is 3.51. The quantitative estimate of drug-likeness (QED) is 0.611. The van der Waals surface area contributed by atoms with Crippen LogP contribution in [0.15, 0.2) is 0 Å². The zero-order valence-electron chi connectivity index (χ0n) is 10.8. The van der Waals surface area contributed by atoms with Gasteiger partial charge >= 0.3 is 5.91 Å². The Hall–Kier alpha value is -1.63. The number of nitrogens with zero attached hydrogens (tertiary/aromatic N) is 2. The van der Waals surface area contributed by atoms with Crippen molar-refractivity contribution in [3.63, 3.8) is 0 Å². The Morgan fingerprint density at radius 2 is 1.94 bits per heavy atom. The highest BCUT2D eigenvalue weighted by atomic mass is 16.7. The third-order valence-corrected chi connectivity index (χ3v) is 4.33. The van der Waals surface area contributed by atoms with Crippen LogP contribution in [0.4, 0.5) is 0 Å². The van der Waals surface area contributed by atoms with Crippen molar-refractivity contribution in [3.8, 4) is 12.1 Å². The summed E-state index contributed by atoms with van der Waals surface area (Å²) in [6.07, 6.45) is 1.60. The second-order valence-corrected chi connectivity index (χ2v) is 4.74. The van der Waals surface area contributed by atoms with E-state index in [-0.39, 0.29) is 11.8 Å². The van der Waals surface area contributed by atoms with Crippen LogP contribution < -0.4 is 10.7 Å². The van der Waals surface area contributed by atoms with Gasteiger partial charge in [0.25, 0.3) is 5.84 Å². The predicted octanol–water partition coefficient (Wildman–Crippen LogP) is -1.17. The first kappa shape index (κ1) is 12.8. The van der Waals surface area contributed by atoms with Crippen molar-refractivity contribution in [2.24, 2.45) is 22.5 Å². The average molecular weight is 249 g/mol. The lowest BCUT2D eigenvalue weighted by atomic mass is 9.94. The topological polar surface area (TPSA) is 106 Å². The molecule has 0 aromatic carbocycles. The monoisotopic (exact) mass is 249 g/mol. The van der Waals surface area contributed by atoms with E-state index < -0.39 is 16.7 Å². The van der Waals surface area contributed by atoms with Crippen molar-refractivity contribution in [1.29, 1.82) is 10.5 Å². The largest absolute Gasteiger partial charge is 0.342 e. The molecular formula is C12H17N4O2+. The van der Waals surface area contributed by atoms with E-state index in [2.05, 4.69) is 17.1 Å². The maximum absolute atomic E-state index is 9.61. The Kier molecular flexibility index (Phi) is 2.62. The summed E-state index contributed by atoms with van der Waals surface area (Å²) in [7, 11) is 2.88. The van der Waals surface area contributed by atoms with E-state index >= 15 is 0 Å².